The summed E-state index contributed by atoms with van der Waals surface area (Å²) in [4.78, 5) is 23.8. The highest BCUT2D eigenvalue weighted by molar-refractivity contribution is 8.13. The van der Waals surface area contributed by atoms with E-state index in [-0.39, 0.29) is 5.97 Å². The highest BCUT2D eigenvalue weighted by atomic mass is 32.2. The Labute approximate surface area is 135 Å². The first-order valence-electron chi connectivity index (χ1n) is 7.25. The zero-order valence-corrected chi connectivity index (χ0v) is 14.3. The number of rotatable bonds is 7. The van der Waals surface area contributed by atoms with E-state index in [1.54, 1.807) is 6.92 Å². The molecule has 6 heteroatoms. The number of hydrogen-bond acceptors (Lipinski definition) is 5. The van der Waals surface area contributed by atoms with Crippen LogP contribution in [0.4, 0.5) is 4.79 Å². The van der Waals surface area contributed by atoms with E-state index in [4.69, 9.17) is 15.2 Å². The van der Waals surface area contributed by atoms with Crippen molar-refractivity contribution < 1.29 is 19.1 Å². The molecule has 1 aromatic rings. The molecular formula is C16H23NO4S. The van der Waals surface area contributed by atoms with Crippen LogP contribution in [0.3, 0.4) is 0 Å². The third-order valence-electron chi connectivity index (χ3n) is 3.38. The summed E-state index contributed by atoms with van der Waals surface area (Å²) in [6, 6.07) is 3.75. The molecule has 0 bridgehead atoms. The number of benzene rings is 1. The molecule has 1 rings (SSSR count). The van der Waals surface area contributed by atoms with Crippen molar-refractivity contribution in [3.05, 3.63) is 28.8 Å². The molecule has 0 fully saturated rings. The molecule has 5 nitrogen and oxygen atoms in total. The summed E-state index contributed by atoms with van der Waals surface area (Å²) < 4.78 is 10.5. The van der Waals surface area contributed by atoms with E-state index in [9.17, 15) is 9.59 Å². The van der Waals surface area contributed by atoms with Gasteiger partial charge >= 0.3 is 5.97 Å². The maximum atomic E-state index is 11.9. The molecule has 1 aromatic carbocycles. The second-order valence-corrected chi connectivity index (χ2v) is 5.84. The van der Waals surface area contributed by atoms with E-state index in [1.165, 1.54) is 0 Å². The van der Waals surface area contributed by atoms with E-state index in [0.717, 1.165) is 33.3 Å². The predicted octanol–water partition coefficient (Wildman–Crippen LogP) is 2.98. The van der Waals surface area contributed by atoms with Gasteiger partial charge in [0.05, 0.1) is 6.61 Å². The Morgan fingerprint density at radius 1 is 1.18 bits per heavy atom. The van der Waals surface area contributed by atoms with Crippen molar-refractivity contribution >= 4 is 23.0 Å². The van der Waals surface area contributed by atoms with Gasteiger partial charge in [0, 0.05) is 17.9 Å². The van der Waals surface area contributed by atoms with Gasteiger partial charge in [-0.2, -0.15) is 0 Å². The van der Waals surface area contributed by atoms with Gasteiger partial charge < -0.3 is 15.2 Å². The van der Waals surface area contributed by atoms with Crippen molar-refractivity contribution in [2.45, 2.75) is 45.1 Å². The van der Waals surface area contributed by atoms with Crippen LogP contribution >= 0.6 is 11.8 Å². The number of carbonyl (C=O) groups is 2. The van der Waals surface area contributed by atoms with Crippen LogP contribution < -0.4 is 5.73 Å². The van der Waals surface area contributed by atoms with Crippen molar-refractivity contribution in [1.82, 2.24) is 0 Å². The molecule has 0 spiro atoms. The lowest BCUT2D eigenvalue weighted by Gasteiger charge is -2.18. The summed E-state index contributed by atoms with van der Waals surface area (Å²) in [6.45, 7) is 8.28. The first-order chi connectivity index (χ1) is 10.4. The minimum atomic E-state index is -0.613. The monoisotopic (exact) mass is 325 g/mol. The summed E-state index contributed by atoms with van der Waals surface area (Å²) in [5.74, 6) is -0.350. The van der Waals surface area contributed by atoms with Crippen LogP contribution in [0.25, 0.3) is 0 Å². The van der Waals surface area contributed by atoms with E-state index in [2.05, 4.69) is 0 Å². The van der Waals surface area contributed by atoms with Gasteiger partial charge in [0.2, 0.25) is 0 Å². The Morgan fingerprint density at radius 2 is 1.86 bits per heavy atom. The molecule has 0 aliphatic rings. The van der Waals surface area contributed by atoms with Crippen molar-refractivity contribution in [1.29, 1.82) is 0 Å². The fourth-order valence-corrected chi connectivity index (χ4v) is 2.80. The van der Waals surface area contributed by atoms with Gasteiger partial charge in [-0.1, -0.05) is 6.07 Å². The van der Waals surface area contributed by atoms with Crippen LogP contribution in [0.5, 0.6) is 0 Å². The summed E-state index contributed by atoms with van der Waals surface area (Å²) in [5.41, 5.74) is 8.23. The topological polar surface area (TPSA) is 78.6 Å². The molecular weight excluding hydrogens is 302 g/mol. The van der Waals surface area contributed by atoms with Gasteiger partial charge in [-0.3, -0.25) is 4.79 Å². The van der Waals surface area contributed by atoms with E-state index in [1.807, 2.05) is 32.9 Å². The number of nitrogens with two attached hydrogens (primary N) is 1. The summed E-state index contributed by atoms with van der Waals surface area (Å²) in [6.07, 6.45) is -0.168. The lowest BCUT2D eigenvalue weighted by molar-refractivity contribution is -0.156. The average Bonchev–Trinajstić information content (AvgIpc) is 2.46. The number of primary amides is 1. The van der Waals surface area contributed by atoms with Crippen LogP contribution in [0, 0.1) is 13.8 Å². The minimum absolute atomic E-state index is 0.328. The number of esters is 1. The molecule has 1 unspecified atom stereocenters. The van der Waals surface area contributed by atoms with Crippen LogP contribution in [0.2, 0.25) is 0 Å². The number of ether oxygens (including phenoxy) is 2. The number of amides is 1. The third kappa shape index (κ3) is 5.03. The normalized spacial score (nSPS) is 12.0. The standard InChI is InChI=1S/C16H23NO4S/c1-5-20-13(15(18)21-6-2)9-12-7-8-14(22-16(17)19)11(4)10(12)3/h7-8,13H,5-6,9H2,1-4H3,(H2,17,19). The zero-order chi connectivity index (χ0) is 16.7. The van der Waals surface area contributed by atoms with Crippen LogP contribution in [-0.4, -0.2) is 30.5 Å². The Bertz CT molecular complexity index is 545. The molecule has 2 N–H and O–H groups in total. The van der Waals surface area contributed by atoms with Crippen molar-refractivity contribution in [3.63, 3.8) is 0 Å². The Morgan fingerprint density at radius 3 is 2.41 bits per heavy atom. The van der Waals surface area contributed by atoms with Gasteiger partial charge in [0.1, 0.15) is 0 Å². The predicted molar refractivity (Wildman–Crippen MR) is 87.1 cm³/mol. The SMILES string of the molecule is CCOC(=O)C(Cc1ccc(SC(N)=O)c(C)c1C)OCC. The second kappa shape index (κ2) is 8.80. The molecule has 1 atom stereocenters. The Kier molecular flexibility index (Phi) is 7.41. The van der Waals surface area contributed by atoms with E-state index >= 15 is 0 Å². The minimum Gasteiger partial charge on any atom is -0.464 e. The van der Waals surface area contributed by atoms with Gasteiger partial charge in [-0.15, -0.1) is 0 Å². The van der Waals surface area contributed by atoms with Crippen molar-refractivity contribution in [2.24, 2.45) is 5.73 Å². The van der Waals surface area contributed by atoms with E-state index < -0.39 is 11.3 Å². The lowest BCUT2D eigenvalue weighted by Crippen LogP contribution is -2.29. The largest absolute Gasteiger partial charge is 0.464 e. The summed E-state index contributed by atoms with van der Waals surface area (Å²) in [7, 11) is 0. The van der Waals surface area contributed by atoms with Crippen molar-refractivity contribution in [3.8, 4) is 0 Å². The lowest BCUT2D eigenvalue weighted by atomic mass is 9.98. The molecule has 22 heavy (non-hydrogen) atoms. The van der Waals surface area contributed by atoms with Gasteiger partial charge in [-0.05, 0) is 62.2 Å². The Hall–Kier alpha value is -1.53. The van der Waals surface area contributed by atoms with Crippen LogP contribution in [0.15, 0.2) is 17.0 Å². The molecule has 0 radical (unpaired) electrons. The maximum Gasteiger partial charge on any atom is 0.335 e. The first-order valence-corrected chi connectivity index (χ1v) is 8.06. The van der Waals surface area contributed by atoms with Crippen molar-refractivity contribution in [2.75, 3.05) is 13.2 Å². The number of carbonyl (C=O) groups excluding carboxylic acids is 2. The van der Waals surface area contributed by atoms with Gasteiger partial charge in [0.25, 0.3) is 5.24 Å². The quantitative estimate of drug-likeness (QED) is 0.616. The first kappa shape index (κ1) is 18.5. The summed E-state index contributed by atoms with van der Waals surface area (Å²) in [5, 5.41) is -0.436. The van der Waals surface area contributed by atoms with Gasteiger partial charge in [-0.25, -0.2) is 4.79 Å². The molecule has 1 amide bonds. The third-order valence-corrected chi connectivity index (χ3v) is 4.25. The molecule has 0 aromatic heterocycles. The fraction of sp³-hybridized carbons (Fsp3) is 0.500. The molecule has 0 heterocycles. The highest BCUT2D eigenvalue weighted by Crippen LogP contribution is 2.27. The average molecular weight is 325 g/mol. The number of hydrogen-bond donors (Lipinski definition) is 1. The molecule has 122 valence electrons. The zero-order valence-electron chi connectivity index (χ0n) is 13.5. The van der Waals surface area contributed by atoms with Crippen LogP contribution in [-0.2, 0) is 20.7 Å². The molecule has 0 aliphatic carbocycles. The molecule has 0 aliphatic heterocycles. The van der Waals surface area contributed by atoms with Crippen LogP contribution in [0.1, 0.15) is 30.5 Å². The fourth-order valence-electron chi connectivity index (χ4n) is 2.14. The van der Waals surface area contributed by atoms with E-state index in [0.29, 0.717) is 19.6 Å². The highest BCUT2D eigenvalue weighted by Gasteiger charge is 2.22. The molecule has 0 saturated heterocycles. The summed E-state index contributed by atoms with van der Waals surface area (Å²) >= 11 is 1.01. The molecule has 0 saturated carbocycles. The number of thioether (sulfide) groups is 1. The smallest absolute Gasteiger partial charge is 0.335 e. The second-order valence-electron chi connectivity index (χ2n) is 4.79. The maximum absolute atomic E-state index is 11.9. The Balaban J connectivity index is 2.98. The van der Waals surface area contributed by atoms with Gasteiger partial charge in [0.15, 0.2) is 6.10 Å².